The zero-order valence-electron chi connectivity index (χ0n) is 13.8. The number of ether oxygens (including phenoxy) is 1. The standard InChI is InChI=1S/C18H23N3O2/c1-18(2,15-4-6-16(23-3)7-5-15)13-21-17(22)20-12-14-8-10-19-11-9-14/h4-11H,12-13H2,1-3H3,(H2,20,21,22). The van der Waals surface area contributed by atoms with E-state index in [0.29, 0.717) is 13.1 Å². The molecule has 5 nitrogen and oxygen atoms in total. The number of amides is 2. The first-order valence-electron chi connectivity index (χ1n) is 7.56. The summed E-state index contributed by atoms with van der Waals surface area (Å²) in [4.78, 5) is 15.9. The zero-order chi connectivity index (χ0) is 16.7. The molecular formula is C18H23N3O2. The molecule has 1 aromatic carbocycles. The first kappa shape index (κ1) is 16.8. The number of nitrogens with zero attached hydrogens (tertiary/aromatic N) is 1. The molecule has 2 aromatic rings. The lowest BCUT2D eigenvalue weighted by atomic mass is 9.84. The lowest BCUT2D eigenvalue weighted by Gasteiger charge is -2.26. The lowest BCUT2D eigenvalue weighted by Crippen LogP contribution is -2.42. The Kier molecular flexibility index (Phi) is 5.57. The van der Waals surface area contributed by atoms with Crippen LogP contribution in [0.3, 0.4) is 0 Å². The predicted octanol–water partition coefficient (Wildman–Crippen LogP) is 2.87. The Hall–Kier alpha value is -2.56. The number of aromatic nitrogens is 1. The topological polar surface area (TPSA) is 63.2 Å². The van der Waals surface area contributed by atoms with Gasteiger partial charge in [0, 0.05) is 30.9 Å². The number of nitrogens with one attached hydrogen (secondary N) is 2. The number of rotatable bonds is 6. The molecule has 0 saturated heterocycles. The molecule has 122 valence electrons. The average molecular weight is 313 g/mol. The molecule has 2 N–H and O–H groups in total. The van der Waals surface area contributed by atoms with Crippen molar-refractivity contribution in [2.24, 2.45) is 0 Å². The van der Waals surface area contributed by atoms with Gasteiger partial charge in [0.05, 0.1) is 7.11 Å². The third-order valence-electron chi connectivity index (χ3n) is 3.76. The summed E-state index contributed by atoms with van der Waals surface area (Å²) in [5, 5.41) is 5.77. The number of urea groups is 1. The third kappa shape index (κ3) is 4.98. The number of carbonyl (C=O) groups excluding carboxylic acids is 1. The van der Waals surface area contributed by atoms with Gasteiger partial charge < -0.3 is 15.4 Å². The number of benzene rings is 1. The van der Waals surface area contributed by atoms with Crippen LogP contribution in [0.1, 0.15) is 25.0 Å². The van der Waals surface area contributed by atoms with Gasteiger partial charge in [0.25, 0.3) is 0 Å². The minimum absolute atomic E-state index is 0.166. The third-order valence-corrected chi connectivity index (χ3v) is 3.76. The van der Waals surface area contributed by atoms with Gasteiger partial charge in [-0.25, -0.2) is 4.79 Å². The fourth-order valence-electron chi connectivity index (χ4n) is 2.19. The zero-order valence-corrected chi connectivity index (χ0v) is 13.8. The van der Waals surface area contributed by atoms with Gasteiger partial charge in [0.15, 0.2) is 0 Å². The molecule has 1 heterocycles. The summed E-state index contributed by atoms with van der Waals surface area (Å²) in [7, 11) is 1.65. The number of carbonyl (C=O) groups is 1. The quantitative estimate of drug-likeness (QED) is 0.862. The van der Waals surface area contributed by atoms with Crippen LogP contribution in [0.2, 0.25) is 0 Å². The van der Waals surface area contributed by atoms with Crippen molar-refractivity contribution < 1.29 is 9.53 Å². The fraction of sp³-hybridized carbons (Fsp3) is 0.333. The molecule has 1 aromatic heterocycles. The van der Waals surface area contributed by atoms with Gasteiger partial charge in [-0.3, -0.25) is 4.98 Å². The first-order chi connectivity index (χ1) is 11.0. The minimum atomic E-state index is -0.177. The van der Waals surface area contributed by atoms with Crippen molar-refractivity contribution in [1.29, 1.82) is 0 Å². The Bertz CT molecular complexity index is 624. The number of pyridine rings is 1. The van der Waals surface area contributed by atoms with Gasteiger partial charge in [0.2, 0.25) is 0 Å². The first-order valence-corrected chi connectivity index (χ1v) is 7.56. The summed E-state index contributed by atoms with van der Waals surface area (Å²) in [5.41, 5.74) is 2.00. The highest BCUT2D eigenvalue weighted by atomic mass is 16.5. The lowest BCUT2D eigenvalue weighted by molar-refractivity contribution is 0.238. The van der Waals surface area contributed by atoms with Crippen LogP contribution >= 0.6 is 0 Å². The van der Waals surface area contributed by atoms with Gasteiger partial charge in [-0.15, -0.1) is 0 Å². The minimum Gasteiger partial charge on any atom is -0.497 e. The van der Waals surface area contributed by atoms with Crippen LogP contribution in [0.4, 0.5) is 4.79 Å². The molecule has 2 amide bonds. The molecule has 0 radical (unpaired) electrons. The summed E-state index contributed by atoms with van der Waals surface area (Å²) in [6, 6.07) is 11.5. The van der Waals surface area contributed by atoms with Gasteiger partial charge in [-0.05, 0) is 35.4 Å². The van der Waals surface area contributed by atoms with E-state index >= 15 is 0 Å². The van der Waals surface area contributed by atoms with E-state index < -0.39 is 0 Å². The summed E-state index contributed by atoms with van der Waals surface area (Å²) < 4.78 is 5.17. The highest BCUT2D eigenvalue weighted by molar-refractivity contribution is 5.74. The van der Waals surface area contributed by atoms with Crippen molar-refractivity contribution in [3.05, 3.63) is 59.9 Å². The average Bonchev–Trinajstić information content (AvgIpc) is 2.59. The maximum absolute atomic E-state index is 11.9. The monoisotopic (exact) mass is 313 g/mol. The van der Waals surface area contributed by atoms with Crippen LogP contribution in [-0.4, -0.2) is 24.7 Å². The van der Waals surface area contributed by atoms with Crippen molar-refractivity contribution in [2.45, 2.75) is 25.8 Å². The smallest absolute Gasteiger partial charge is 0.315 e. The Balaban J connectivity index is 1.84. The van der Waals surface area contributed by atoms with Crippen molar-refractivity contribution in [3.8, 4) is 5.75 Å². The Morgan fingerprint density at radius 2 is 1.74 bits per heavy atom. The van der Waals surface area contributed by atoms with Gasteiger partial charge >= 0.3 is 6.03 Å². The molecule has 5 heteroatoms. The highest BCUT2D eigenvalue weighted by Gasteiger charge is 2.21. The molecular weight excluding hydrogens is 290 g/mol. The normalized spacial score (nSPS) is 10.9. The largest absolute Gasteiger partial charge is 0.497 e. The van der Waals surface area contributed by atoms with Crippen molar-refractivity contribution >= 4 is 6.03 Å². The van der Waals surface area contributed by atoms with E-state index in [2.05, 4.69) is 29.5 Å². The van der Waals surface area contributed by atoms with E-state index in [1.54, 1.807) is 19.5 Å². The summed E-state index contributed by atoms with van der Waals surface area (Å²) in [6.07, 6.45) is 3.42. The maximum Gasteiger partial charge on any atom is 0.315 e. The van der Waals surface area contributed by atoms with Crippen LogP contribution in [0.25, 0.3) is 0 Å². The van der Waals surface area contributed by atoms with Crippen molar-refractivity contribution in [3.63, 3.8) is 0 Å². The molecule has 0 bridgehead atoms. The number of hydrogen-bond donors (Lipinski definition) is 2. The van der Waals surface area contributed by atoms with Gasteiger partial charge in [-0.1, -0.05) is 26.0 Å². The van der Waals surface area contributed by atoms with Crippen LogP contribution in [0.15, 0.2) is 48.8 Å². The molecule has 23 heavy (non-hydrogen) atoms. The van der Waals surface area contributed by atoms with Crippen LogP contribution < -0.4 is 15.4 Å². The Morgan fingerprint density at radius 1 is 1.09 bits per heavy atom. The van der Waals surface area contributed by atoms with Crippen LogP contribution in [0, 0.1) is 0 Å². The fourth-order valence-corrected chi connectivity index (χ4v) is 2.19. The second-order valence-electron chi connectivity index (χ2n) is 6.00. The molecule has 0 spiro atoms. The van der Waals surface area contributed by atoms with E-state index in [1.807, 2.05) is 36.4 Å². The van der Waals surface area contributed by atoms with Crippen LogP contribution in [0.5, 0.6) is 5.75 Å². The van der Waals surface area contributed by atoms with E-state index in [0.717, 1.165) is 16.9 Å². The Labute approximate surface area is 137 Å². The maximum atomic E-state index is 11.9. The molecule has 0 unspecified atom stereocenters. The van der Waals surface area contributed by atoms with E-state index in [1.165, 1.54) is 0 Å². The molecule has 0 fully saturated rings. The number of hydrogen-bond acceptors (Lipinski definition) is 3. The molecule has 0 aliphatic carbocycles. The molecule has 0 aliphatic heterocycles. The summed E-state index contributed by atoms with van der Waals surface area (Å²) in [5.74, 6) is 0.826. The van der Waals surface area contributed by atoms with Crippen LogP contribution in [-0.2, 0) is 12.0 Å². The molecule has 0 aliphatic rings. The number of methoxy groups -OCH3 is 1. The molecule has 2 rings (SSSR count). The second-order valence-corrected chi connectivity index (χ2v) is 6.00. The predicted molar refractivity (Wildman–Crippen MR) is 90.5 cm³/mol. The van der Waals surface area contributed by atoms with E-state index in [-0.39, 0.29) is 11.4 Å². The summed E-state index contributed by atoms with van der Waals surface area (Å²) in [6.45, 7) is 5.22. The summed E-state index contributed by atoms with van der Waals surface area (Å²) >= 11 is 0. The van der Waals surface area contributed by atoms with Gasteiger partial charge in [-0.2, -0.15) is 0 Å². The van der Waals surface area contributed by atoms with Crippen molar-refractivity contribution in [1.82, 2.24) is 15.6 Å². The van der Waals surface area contributed by atoms with Crippen molar-refractivity contribution in [2.75, 3.05) is 13.7 Å². The Morgan fingerprint density at radius 3 is 2.35 bits per heavy atom. The SMILES string of the molecule is COc1ccc(C(C)(C)CNC(=O)NCc2ccncc2)cc1. The highest BCUT2D eigenvalue weighted by Crippen LogP contribution is 2.24. The van der Waals surface area contributed by atoms with E-state index in [4.69, 9.17) is 4.74 Å². The molecule has 0 saturated carbocycles. The second kappa shape index (κ2) is 7.63. The molecule has 0 atom stereocenters. The van der Waals surface area contributed by atoms with E-state index in [9.17, 15) is 4.79 Å². The van der Waals surface area contributed by atoms with Gasteiger partial charge in [0.1, 0.15) is 5.75 Å².